The zero-order chi connectivity index (χ0) is 16.4. The van der Waals surface area contributed by atoms with Gasteiger partial charge in [0.1, 0.15) is 5.76 Å². The average Bonchev–Trinajstić information content (AvgIpc) is 3.33. The van der Waals surface area contributed by atoms with Gasteiger partial charge in [-0.1, -0.05) is 18.5 Å². The highest BCUT2D eigenvalue weighted by Crippen LogP contribution is 2.36. The van der Waals surface area contributed by atoms with Gasteiger partial charge >= 0.3 is 0 Å². The number of aromatic nitrogens is 1. The maximum absolute atomic E-state index is 12.9. The van der Waals surface area contributed by atoms with Gasteiger partial charge in [-0.3, -0.25) is 4.79 Å². The third kappa shape index (κ3) is 3.78. The van der Waals surface area contributed by atoms with Gasteiger partial charge in [0.15, 0.2) is 0 Å². The molecular formula is C19H30N2O2. The van der Waals surface area contributed by atoms with E-state index in [-0.39, 0.29) is 0 Å². The molecule has 2 aliphatic carbocycles. The summed E-state index contributed by atoms with van der Waals surface area (Å²) in [4.78, 5) is 15.1. The Morgan fingerprint density at radius 3 is 2.22 bits per heavy atom. The normalized spacial score (nSPS) is 24.7. The minimum atomic E-state index is 0.340. The predicted octanol–water partition coefficient (Wildman–Crippen LogP) is 4.18. The van der Waals surface area contributed by atoms with E-state index in [1.54, 1.807) is 0 Å². The molecule has 2 fully saturated rings. The molecule has 0 radical (unpaired) electrons. The van der Waals surface area contributed by atoms with E-state index in [1.165, 1.54) is 44.9 Å². The van der Waals surface area contributed by atoms with Crippen molar-refractivity contribution in [2.75, 3.05) is 0 Å². The van der Waals surface area contributed by atoms with E-state index in [9.17, 15) is 4.79 Å². The minimum Gasteiger partial charge on any atom is -0.361 e. The molecule has 1 aromatic rings. The van der Waals surface area contributed by atoms with Crippen LogP contribution in [0.2, 0.25) is 0 Å². The third-order valence-corrected chi connectivity index (χ3v) is 5.79. The Kier molecular flexibility index (Phi) is 5.08. The fourth-order valence-corrected chi connectivity index (χ4v) is 4.11. The second-order valence-corrected chi connectivity index (χ2v) is 7.42. The second kappa shape index (κ2) is 7.06. The summed E-state index contributed by atoms with van der Waals surface area (Å²) in [6.45, 7) is 6.18. The molecule has 1 aromatic heterocycles. The maximum atomic E-state index is 12.9. The van der Waals surface area contributed by atoms with Gasteiger partial charge in [0.2, 0.25) is 5.91 Å². The highest BCUT2D eigenvalue weighted by molar-refractivity contribution is 5.77. The van der Waals surface area contributed by atoms with E-state index in [0.717, 1.165) is 29.4 Å². The summed E-state index contributed by atoms with van der Waals surface area (Å²) in [5.41, 5.74) is 2.04. The van der Waals surface area contributed by atoms with Crippen molar-refractivity contribution < 1.29 is 9.32 Å². The van der Waals surface area contributed by atoms with Gasteiger partial charge in [-0.15, -0.1) is 0 Å². The molecule has 0 aromatic carbocycles. The zero-order valence-corrected chi connectivity index (χ0v) is 14.8. The Bertz CT molecular complexity index is 520. The fourth-order valence-electron chi connectivity index (χ4n) is 4.11. The molecule has 0 unspecified atom stereocenters. The van der Waals surface area contributed by atoms with Crippen LogP contribution in [0, 0.1) is 19.8 Å². The average molecular weight is 318 g/mol. The first kappa shape index (κ1) is 16.5. The van der Waals surface area contributed by atoms with E-state index in [0.29, 0.717) is 24.4 Å². The molecule has 1 heterocycles. The predicted molar refractivity (Wildman–Crippen MR) is 90.2 cm³/mol. The van der Waals surface area contributed by atoms with Crippen LogP contribution in [0.25, 0.3) is 0 Å². The van der Waals surface area contributed by atoms with Crippen LogP contribution in [-0.4, -0.2) is 28.0 Å². The van der Waals surface area contributed by atoms with Crippen molar-refractivity contribution in [3.05, 3.63) is 17.0 Å². The van der Waals surface area contributed by atoms with Crippen molar-refractivity contribution in [3.8, 4) is 0 Å². The second-order valence-electron chi connectivity index (χ2n) is 7.42. The lowest BCUT2D eigenvalue weighted by Crippen LogP contribution is -2.44. The van der Waals surface area contributed by atoms with Crippen molar-refractivity contribution >= 4 is 5.91 Å². The summed E-state index contributed by atoms with van der Waals surface area (Å²) >= 11 is 0. The molecule has 23 heavy (non-hydrogen) atoms. The lowest BCUT2D eigenvalue weighted by Gasteiger charge is -2.37. The number of hydrogen-bond acceptors (Lipinski definition) is 3. The van der Waals surface area contributed by atoms with Crippen LogP contribution in [0.1, 0.15) is 75.3 Å². The fraction of sp³-hybridized carbons (Fsp3) is 0.789. The number of nitrogens with zero attached hydrogens (tertiary/aromatic N) is 2. The van der Waals surface area contributed by atoms with Crippen LogP contribution >= 0.6 is 0 Å². The monoisotopic (exact) mass is 318 g/mol. The maximum Gasteiger partial charge on any atom is 0.223 e. The van der Waals surface area contributed by atoms with E-state index in [4.69, 9.17) is 4.52 Å². The molecule has 2 saturated carbocycles. The van der Waals surface area contributed by atoms with Crippen molar-refractivity contribution in [2.24, 2.45) is 5.92 Å². The summed E-state index contributed by atoms with van der Waals surface area (Å²) < 4.78 is 5.21. The van der Waals surface area contributed by atoms with Crippen molar-refractivity contribution in [3.63, 3.8) is 0 Å². The van der Waals surface area contributed by atoms with Crippen LogP contribution in [0.4, 0.5) is 0 Å². The molecule has 4 heteroatoms. The van der Waals surface area contributed by atoms with Crippen LogP contribution in [0.3, 0.4) is 0 Å². The molecule has 0 bridgehead atoms. The Morgan fingerprint density at radius 2 is 1.74 bits per heavy atom. The van der Waals surface area contributed by atoms with Crippen molar-refractivity contribution in [1.29, 1.82) is 0 Å². The standard InChI is InChI=1S/C19H30N2O2/c1-4-15-5-7-16(8-6-15)21(17-9-10-17)19(22)12-11-18-13(2)20-23-14(18)3/h15-17H,4-12H2,1-3H3. The van der Waals surface area contributed by atoms with E-state index < -0.39 is 0 Å². The lowest BCUT2D eigenvalue weighted by molar-refractivity contribution is -0.135. The molecule has 128 valence electrons. The number of carbonyl (C=O) groups is 1. The summed E-state index contributed by atoms with van der Waals surface area (Å²) in [6.07, 6.45) is 10.0. The first-order valence-electron chi connectivity index (χ1n) is 9.33. The van der Waals surface area contributed by atoms with Gasteiger partial charge in [0.05, 0.1) is 5.69 Å². The molecule has 0 atom stereocenters. The topological polar surface area (TPSA) is 46.3 Å². The minimum absolute atomic E-state index is 0.340. The molecule has 0 saturated heterocycles. The van der Waals surface area contributed by atoms with Gasteiger partial charge in [-0.2, -0.15) is 0 Å². The molecule has 3 rings (SSSR count). The lowest BCUT2D eigenvalue weighted by atomic mass is 9.83. The summed E-state index contributed by atoms with van der Waals surface area (Å²) in [5, 5.41) is 3.99. The van der Waals surface area contributed by atoms with Gasteiger partial charge in [-0.25, -0.2) is 0 Å². The van der Waals surface area contributed by atoms with Crippen LogP contribution in [0.5, 0.6) is 0 Å². The first-order chi connectivity index (χ1) is 11.1. The van der Waals surface area contributed by atoms with Gasteiger partial charge < -0.3 is 9.42 Å². The van der Waals surface area contributed by atoms with Crippen molar-refractivity contribution in [2.45, 2.75) is 90.6 Å². The SMILES string of the molecule is CCC1CCC(N(C(=O)CCc2c(C)noc2C)C2CC2)CC1. The number of hydrogen-bond donors (Lipinski definition) is 0. The highest BCUT2D eigenvalue weighted by Gasteiger charge is 2.38. The third-order valence-electron chi connectivity index (χ3n) is 5.79. The quantitative estimate of drug-likeness (QED) is 0.790. The first-order valence-corrected chi connectivity index (χ1v) is 9.33. The Hall–Kier alpha value is -1.32. The number of aryl methyl sites for hydroxylation is 2. The molecular weight excluding hydrogens is 288 g/mol. The summed E-state index contributed by atoms with van der Waals surface area (Å²) in [6, 6.07) is 1.01. The number of rotatable bonds is 6. The van der Waals surface area contributed by atoms with Crippen LogP contribution < -0.4 is 0 Å². The molecule has 1 amide bonds. The van der Waals surface area contributed by atoms with E-state index in [2.05, 4.69) is 17.0 Å². The zero-order valence-electron chi connectivity index (χ0n) is 14.8. The summed E-state index contributed by atoms with van der Waals surface area (Å²) in [7, 11) is 0. The molecule has 4 nitrogen and oxygen atoms in total. The molecule has 0 spiro atoms. The smallest absolute Gasteiger partial charge is 0.223 e. The van der Waals surface area contributed by atoms with E-state index >= 15 is 0 Å². The Morgan fingerprint density at radius 1 is 1.13 bits per heavy atom. The molecule has 2 aliphatic rings. The summed E-state index contributed by atoms with van der Waals surface area (Å²) in [5.74, 6) is 2.08. The van der Waals surface area contributed by atoms with Gasteiger partial charge in [0.25, 0.3) is 0 Å². The van der Waals surface area contributed by atoms with Crippen LogP contribution in [-0.2, 0) is 11.2 Å². The molecule has 0 N–H and O–H groups in total. The number of amides is 1. The van der Waals surface area contributed by atoms with Gasteiger partial charge in [0, 0.05) is 24.1 Å². The molecule has 0 aliphatic heterocycles. The van der Waals surface area contributed by atoms with E-state index in [1.807, 2.05) is 13.8 Å². The largest absolute Gasteiger partial charge is 0.361 e. The number of carbonyl (C=O) groups excluding carboxylic acids is 1. The van der Waals surface area contributed by atoms with Crippen molar-refractivity contribution in [1.82, 2.24) is 10.1 Å². The Labute approximate surface area is 139 Å². The Balaban J connectivity index is 1.59. The highest BCUT2D eigenvalue weighted by atomic mass is 16.5. The van der Waals surface area contributed by atoms with Gasteiger partial charge in [-0.05, 0) is 64.7 Å². The van der Waals surface area contributed by atoms with Crippen LogP contribution in [0.15, 0.2) is 4.52 Å².